The zero-order valence-electron chi connectivity index (χ0n) is 10.7. The molecule has 2 heteroatoms. The molecule has 0 aromatic heterocycles. The van der Waals surface area contributed by atoms with Crippen molar-refractivity contribution in [1.29, 1.82) is 0 Å². The highest BCUT2D eigenvalue weighted by Crippen LogP contribution is 2.38. The lowest BCUT2D eigenvalue weighted by Crippen LogP contribution is -1.89. The molecule has 3 aromatic carbocycles. The minimum atomic E-state index is -0.220. The summed E-state index contributed by atoms with van der Waals surface area (Å²) in [5.74, 6) is -0.220. The fraction of sp³-hybridized carbons (Fsp3) is 0. The molecule has 0 heterocycles. The molecular formula is C18H12BrF. The second kappa shape index (κ2) is 5.59. The van der Waals surface area contributed by atoms with E-state index in [1.807, 2.05) is 60.7 Å². The van der Waals surface area contributed by atoms with Gasteiger partial charge in [-0.3, -0.25) is 0 Å². The van der Waals surface area contributed by atoms with Crippen molar-refractivity contribution in [1.82, 2.24) is 0 Å². The van der Waals surface area contributed by atoms with Crippen molar-refractivity contribution in [2.45, 2.75) is 0 Å². The van der Waals surface area contributed by atoms with Crippen LogP contribution in [0.4, 0.5) is 4.39 Å². The molecule has 0 aliphatic heterocycles. The van der Waals surface area contributed by atoms with Crippen molar-refractivity contribution in [2.75, 3.05) is 0 Å². The Balaban J connectivity index is 2.22. The summed E-state index contributed by atoms with van der Waals surface area (Å²) in [6.07, 6.45) is 0. The standard InChI is InChI=1S/C18H12BrF/c19-18-15(13-7-3-1-4-8-13)11-12-16(20)17(18)14-9-5-2-6-10-14/h1-12H. The normalized spacial score (nSPS) is 10.5. The van der Waals surface area contributed by atoms with Crippen LogP contribution in [0.25, 0.3) is 22.3 Å². The van der Waals surface area contributed by atoms with Crippen LogP contribution < -0.4 is 0 Å². The minimum absolute atomic E-state index is 0.220. The number of rotatable bonds is 2. The van der Waals surface area contributed by atoms with Gasteiger partial charge in [-0.15, -0.1) is 0 Å². The van der Waals surface area contributed by atoms with Crippen molar-refractivity contribution in [3.63, 3.8) is 0 Å². The van der Waals surface area contributed by atoms with Gasteiger partial charge in [-0.25, -0.2) is 4.39 Å². The molecule has 0 amide bonds. The Morgan fingerprint density at radius 3 is 1.80 bits per heavy atom. The molecule has 3 aromatic rings. The third kappa shape index (κ3) is 2.39. The quantitative estimate of drug-likeness (QED) is 0.548. The van der Waals surface area contributed by atoms with Gasteiger partial charge < -0.3 is 0 Å². The highest BCUT2D eigenvalue weighted by molar-refractivity contribution is 9.10. The van der Waals surface area contributed by atoms with Gasteiger partial charge in [0.2, 0.25) is 0 Å². The van der Waals surface area contributed by atoms with Gasteiger partial charge in [0.25, 0.3) is 0 Å². The van der Waals surface area contributed by atoms with Gasteiger partial charge >= 0.3 is 0 Å². The number of hydrogen-bond donors (Lipinski definition) is 0. The van der Waals surface area contributed by atoms with Crippen molar-refractivity contribution in [3.8, 4) is 22.3 Å². The predicted molar refractivity (Wildman–Crippen MR) is 85.0 cm³/mol. The molecular weight excluding hydrogens is 315 g/mol. The first-order chi connectivity index (χ1) is 9.77. The van der Waals surface area contributed by atoms with Gasteiger partial charge in [-0.2, -0.15) is 0 Å². The summed E-state index contributed by atoms with van der Waals surface area (Å²) in [7, 11) is 0. The Labute approximate surface area is 126 Å². The number of hydrogen-bond acceptors (Lipinski definition) is 0. The third-order valence-electron chi connectivity index (χ3n) is 3.24. The van der Waals surface area contributed by atoms with E-state index >= 15 is 0 Å². The predicted octanol–water partition coefficient (Wildman–Crippen LogP) is 5.92. The van der Waals surface area contributed by atoms with E-state index in [0.717, 1.165) is 21.2 Å². The van der Waals surface area contributed by atoms with Crippen LogP contribution in [0.3, 0.4) is 0 Å². The van der Waals surface area contributed by atoms with Crippen molar-refractivity contribution in [2.24, 2.45) is 0 Å². The molecule has 0 aliphatic rings. The fourth-order valence-electron chi connectivity index (χ4n) is 2.26. The van der Waals surface area contributed by atoms with Crippen LogP contribution in [0.1, 0.15) is 0 Å². The second-order valence-corrected chi connectivity index (χ2v) is 5.31. The van der Waals surface area contributed by atoms with E-state index in [9.17, 15) is 4.39 Å². The zero-order chi connectivity index (χ0) is 13.9. The van der Waals surface area contributed by atoms with E-state index < -0.39 is 0 Å². The molecule has 0 bridgehead atoms. The Kier molecular flexibility index (Phi) is 3.66. The van der Waals surface area contributed by atoms with Crippen LogP contribution in [0, 0.1) is 5.82 Å². The largest absolute Gasteiger partial charge is 0.206 e. The first-order valence-electron chi connectivity index (χ1n) is 6.36. The van der Waals surface area contributed by atoms with Crippen LogP contribution in [0.15, 0.2) is 77.3 Å². The van der Waals surface area contributed by atoms with E-state index in [4.69, 9.17) is 0 Å². The minimum Gasteiger partial charge on any atom is -0.206 e. The highest BCUT2D eigenvalue weighted by Gasteiger charge is 2.14. The Hall–Kier alpha value is -1.93. The van der Waals surface area contributed by atoms with Gasteiger partial charge in [-0.05, 0) is 38.7 Å². The Bertz CT molecular complexity index is 721. The maximum atomic E-state index is 14.2. The first-order valence-corrected chi connectivity index (χ1v) is 7.15. The average Bonchev–Trinajstić information content (AvgIpc) is 2.49. The van der Waals surface area contributed by atoms with Gasteiger partial charge in [0, 0.05) is 10.0 Å². The highest BCUT2D eigenvalue weighted by atomic mass is 79.9. The molecule has 0 saturated carbocycles. The lowest BCUT2D eigenvalue weighted by Gasteiger charge is -2.11. The fourth-order valence-corrected chi connectivity index (χ4v) is 3.04. The van der Waals surface area contributed by atoms with Crippen LogP contribution >= 0.6 is 15.9 Å². The van der Waals surface area contributed by atoms with E-state index in [1.54, 1.807) is 6.07 Å². The van der Waals surface area contributed by atoms with Crippen molar-refractivity contribution in [3.05, 3.63) is 83.1 Å². The third-order valence-corrected chi connectivity index (χ3v) is 4.06. The van der Waals surface area contributed by atoms with Crippen molar-refractivity contribution >= 4 is 15.9 Å². The Morgan fingerprint density at radius 2 is 1.20 bits per heavy atom. The van der Waals surface area contributed by atoms with Crippen LogP contribution in [-0.2, 0) is 0 Å². The lowest BCUT2D eigenvalue weighted by atomic mass is 9.98. The average molecular weight is 327 g/mol. The summed E-state index contributed by atoms with van der Waals surface area (Å²) in [5, 5.41) is 0. The smallest absolute Gasteiger partial charge is 0.132 e. The van der Waals surface area contributed by atoms with E-state index in [0.29, 0.717) is 5.56 Å². The SMILES string of the molecule is Fc1ccc(-c2ccccc2)c(Br)c1-c1ccccc1. The van der Waals surface area contributed by atoms with Crippen LogP contribution in [-0.4, -0.2) is 0 Å². The Morgan fingerprint density at radius 1 is 0.650 bits per heavy atom. The topological polar surface area (TPSA) is 0 Å². The number of benzene rings is 3. The lowest BCUT2D eigenvalue weighted by molar-refractivity contribution is 0.631. The molecule has 0 saturated heterocycles. The number of halogens is 2. The summed E-state index contributed by atoms with van der Waals surface area (Å²) in [5.41, 5.74) is 3.53. The van der Waals surface area contributed by atoms with Crippen molar-refractivity contribution < 1.29 is 4.39 Å². The van der Waals surface area contributed by atoms with Crippen LogP contribution in [0.5, 0.6) is 0 Å². The van der Waals surface area contributed by atoms with Gasteiger partial charge in [0.05, 0.1) is 0 Å². The molecule has 0 aliphatic carbocycles. The summed E-state index contributed by atoms with van der Waals surface area (Å²) in [6.45, 7) is 0. The second-order valence-electron chi connectivity index (χ2n) is 4.52. The van der Waals surface area contributed by atoms with Gasteiger partial charge in [0.15, 0.2) is 0 Å². The van der Waals surface area contributed by atoms with E-state index in [1.165, 1.54) is 6.07 Å². The molecule has 0 N–H and O–H groups in total. The molecule has 0 radical (unpaired) electrons. The molecule has 0 nitrogen and oxygen atoms in total. The summed E-state index contributed by atoms with van der Waals surface area (Å²) in [4.78, 5) is 0. The molecule has 0 fully saturated rings. The summed E-state index contributed by atoms with van der Waals surface area (Å²) >= 11 is 3.57. The molecule has 3 rings (SSSR count). The van der Waals surface area contributed by atoms with Gasteiger partial charge in [0.1, 0.15) is 5.82 Å². The molecule has 0 spiro atoms. The summed E-state index contributed by atoms with van der Waals surface area (Å²) in [6, 6.07) is 22.9. The molecule has 0 atom stereocenters. The monoisotopic (exact) mass is 326 g/mol. The maximum absolute atomic E-state index is 14.2. The zero-order valence-corrected chi connectivity index (χ0v) is 12.3. The summed E-state index contributed by atoms with van der Waals surface area (Å²) < 4.78 is 15.0. The van der Waals surface area contributed by atoms with Gasteiger partial charge in [-0.1, -0.05) is 66.7 Å². The molecule has 98 valence electrons. The molecule has 20 heavy (non-hydrogen) atoms. The van der Waals surface area contributed by atoms with E-state index in [-0.39, 0.29) is 5.82 Å². The van der Waals surface area contributed by atoms with E-state index in [2.05, 4.69) is 15.9 Å². The molecule has 0 unspecified atom stereocenters. The van der Waals surface area contributed by atoms with Crippen LogP contribution in [0.2, 0.25) is 0 Å². The maximum Gasteiger partial charge on any atom is 0.132 e. The first kappa shape index (κ1) is 13.1.